The molecule has 70 valence electrons. The molecule has 0 fully saturated rings. The van der Waals surface area contributed by atoms with Gasteiger partial charge in [-0.05, 0) is 6.08 Å². The molecule has 3 nitrogen and oxygen atoms in total. The number of carbonyl (C=O) groups is 1. The molecule has 0 spiro atoms. The number of carboxylic acids is 1. The van der Waals surface area contributed by atoms with E-state index in [1.807, 2.05) is 0 Å². The summed E-state index contributed by atoms with van der Waals surface area (Å²) in [6.45, 7) is 1.26. The Kier molecular flexibility index (Phi) is 4.35. The van der Waals surface area contributed by atoms with E-state index in [2.05, 4.69) is 17.6 Å². The third kappa shape index (κ3) is 5.72. The van der Waals surface area contributed by atoms with Crippen molar-refractivity contribution in [2.45, 2.75) is 12.6 Å². The van der Waals surface area contributed by atoms with E-state index in [-0.39, 0.29) is 0 Å². The first-order chi connectivity index (χ1) is 5.44. The number of alkyl halides is 3. The van der Waals surface area contributed by atoms with E-state index >= 15 is 0 Å². The van der Waals surface area contributed by atoms with Gasteiger partial charge in [-0.1, -0.05) is 0 Å². The minimum Gasteiger partial charge on any atom is -0.542 e. The molecule has 0 aromatic rings. The van der Waals surface area contributed by atoms with Crippen LogP contribution in [0.2, 0.25) is 0 Å². The molecule has 1 aliphatic heterocycles. The van der Waals surface area contributed by atoms with Gasteiger partial charge in [0.2, 0.25) is 0 Å². The van der Waals surface area contributed by atoms with E-state index in [0.717, 1.165) is 0 Å². The van der Waals surface area contributed by atoms with Crippen LogP contribution in [-0.4, -0.2) is 18.7 Å². The smallest absolute Gasteiger partial charge is 0.430 e. The van der Waals surface area contributed by atoms with Gasteiger partial charge in [0.1, 0.15) is 5.97 Å². The molecular formula is C6H8F3NO2. The van der Waals surface area contributed by atoms with Gasteiger partial charge in [-0.25, -0.2) is 0 Å². The highest BCUT2D eigenvalue weighted by Crippen LogP contribution is 2.11. The maximum atomic E-state index is 10.5. The lowest BCUT2D eigenvalue weighted by molar-refractivity contribution is -0.578. The van der Waals surface area contributed by atoms with Crippen LogP contribution in [0.25, 0.3) is 0 Å². The fraction of sp³-hybridized carbons (Fsp3) is 0.500. The van der Waals surface area contributed by atoms with Crippen molar-refractivity contribution >= 4 is 5.97 Å². The summed E-state index contributed by atoms with van der Waals surface area (Å²) in [6, 6.07) is 0. The predicted octanol–water partition coefficient (Wildman–Crippen LogP) is -1.23. The number of carboxylic acid groups (broad SMARTS) is 1. The zero-order valence-corrected chi connectivity index (χ0v) is 6.10. The van der Waals surface area contributed by atoms with Gasteiger partial charge in [-0.2, -0.15) is 13.2 Å². The summed E-state index contributed by atoms with van der Waals surface area (Å²) in [7, 11) is 0. The van der Waals surface area contributed by atoms with E-state index < -0.39 is 12.1 Å². The van der Waals surface area contributed by atoms with Crippen LogP contribution < -0.4 is 10.4 Å². The van der Waals surface area contributed by atoms with E-state index in [9.17, 15) is 13.2 Å². The largest absolute Gasteiger partial charge is 0.542 e. The summed E-state index contributed by atoms with van der Waals surface area (Å²) >= 11 is 0. The normalized spacial score (nSPS) is 15.2. The van der Waals surface area contributed by atoms with E-state index in [1.165, 1.54) is 13.0 Å². The zero-order chi connectivity index (χ0) is 9.61. The van der Waals surface area contributed by atoms with Gasteiger partial charge < -0.3 is 15.2 Å². The highest BCUT2D eigenvalue weighted by atomic mass is 19.4. The quantitative estimate of drug-likeness (QED) is 0.511. The first-order valence-electron chi connectivity index (χ1n) is 3.21. The minimum absolute atomic E-state index is 1.26. The van der Waals surface area contributed by atoms with Gasteiger partial charge in [0, 0.05) is 6.42 Å². The summed E-state index contributed by atoms with van der Waals surface area (Å²) in [6.07, 6.45) is 0.361. The topological polar surface area (TPSA) is 56.7 Å². The van der Waals surface area contributed by atoms with Gasteiger partial charge >= 0.3 is 6.18 Å². The molecular weight excluding hydrogens is 175 g/mol. The van der Waals surface area contributed by atoms with E-state index in [0.29, 0.717) is 0 Å². The van der Waals surface area contributed by atoms with Gasteiger partial charge in [-0.15, -0.1) is 0 Å². The van der Waals surface area contributed by atoms with Gasteiger partial charge in [0.15, 0.2) is 0 Å². The standard InChI is InChI=1S/C4H7N.C2HF3O2/c1-2-4-5-3-1;3-2(4,5)1(6)7/h1,3,5H,2,4H2;(H,6,7). The Bertz CT molecular complexity index is 170. The van der Waals surface area contributed by atoms with E-state index in [1.54, 1.807) is 0 Å². The van der Waals surface area contributed by atoms with E-state index in [4.69, 9.17) is 9.90 Å². The Hall–Kier alpha value is -1.04. The summed E-state index contributed by atoms with van der Waals surface area (Å²) in [4.78, 5) is 8.78. The molecule has 0 aliphatic carbocycles. The number of halogens is 3. The molecule has 0 bridgehead atoms. The van der Waals surface area contributed by atoms with Crippen molar-refractivity contribution in [1.29, 1.82) is 0 Å². The lowest BCUT2D eigenvalue weighted by Gasteiger charge is -2.03. The van der Waals surface area contributed by atoms with Crippen molar-refractivity contribution in [3.8, 4) is 0 Å². The third-order valence-electron chi connectivity index (χ3n) is 1.00. The van der Waals surface area contributed by atoms with Crippen LogP contribution in [-0.2, 0) is 4.79 Å². The second kappa shape index (κ2) is 4.76. The van der Waals surface area contributed by atoms with Crippen molar-refractivity contribution in [2.75, 3.05) is 6.54 Å². The summed E-state index contributed by atoms with van der Waals surface area (Å²) < 4.78 is 31.5. The van der Waals surface area contributed by atoms with Crippen LogP contribution in [0.4, 0.5) is 13.2 Å². The summed E-state index contributed by atoms with van der Waals surface area (Å²) in [5.74, 6) is -3.01. The monoisotopic (exact) mass is 183 g/mol. The first-order valence-corrected chi connectivity index (χ1v) is 3.21. The van der Waals surface area contributed by atoms with Crippen molar-refractivity contribution in [3.63, 3.8) is 0 Å². The lowest BCUT2D eigenvalue weighted by Crippen LogP contribution is -2.75. The van der Waals surface area contributed by atoms with Crippen molar-refractivity contribution in [3.05, 3.63) is 12.3 Å². The van der Waals surface area contributed by atoms with Crippen molar-refractivity contribution < 1.29 is 28.4 Å². The second-order valence-electron chi connectivity index (χ2n) is 2.03. The lowest BCUT2D eigenvalue weighted by atomic mass is 10.5. The average Bonchev–Trinajstić information content (AvgIpc) is 2.39. The molecule has 0 aromatic heterocycles. The molecule has 2 N–H and O–H groups in total. The molecule has 0 saturated heterocycles. The number of hydrogen-bond donors (Lipinski definition) is 1. The first kappa shape index (κ1) is 11.0. The molecule has 0 unspecified atom stereocenters. The fourth-order valence-corrected chi connectivity index (χ4v) is 0.481. The molecule has 1 rings (SSSR count). The van der Waals surface area contributed by atoms with Crippen LogP contribution >= 0.6 is 0 Å². The molecule has 0 atom stereocenters. The number of aliphatic carboxylic acids is 1. The van der Waals surface area contributed by atoms with Crippen LogP contribution in [0.3, 0.4) is 0 Å². The predicted molar refractivity (Wildman–Crippen MR) is 31.6 cm³/mol. The molecule has 0 amide bonds. The Labute approximate surface area is 66.9 Å². The number of quaternary nitrogens is 1. The summed E-state index contributed by atoms with van der Waals surface area (Å²) in [5.41, 5.74) is 0. The van der Waals surface area contributed by atoms with Crippen LogP contribution in [0.5, 0.6) is 0 Å². The minimum atomic E-state index is -5.19. The number of rotatable bonds is 0. The van der Waals surface area contributed by atoms with Crippen LogP contribution in [0, 0.1) is 0 Å². The van der Waals surface area contributed by atoms with Gasteiger partial charge in [0.25, 0.3) is 0 Å². The number of carbonyl (C=O) groups excluding carboxylic acids is 1. The van der Waals surface area contributed by atoms with Gasteiger partial charge in [-0.3, -0.25) is 0 Å². The Morgan fingerprint density at radius 1 is 1.50 bits per heavy atom. The highest BCUT2D eigenvalue weighted by molar-refractivity contribution is 5.70. The summed E-state index contributed by atoms with van der Waals surface area (Å²) in [5, 5.41) is 11.0. The fourth-order valence-electron chi connectivity index (χ4n) is 0.481. The third-order valence-corrected chi connectivity index (χ3v) is 1.00. The van der Waals surface area contributed by atoms with Crippen LogP contribution in [0.15, 0.2) is 12.3 Å². The zero-order valence-electron chi connectivity index (χ0n) is 6.10. The SMILES string of the molecule is C1=C[NH2+]CC1.O=C([O-])C(F)(F)F. The highest BCUT2D eigenvalue weighted by Gasteiger charge is 2.28. The Balaban J connectivity index is 0.000000211. The number of nitrogens with two attached hydrogens (primary N) is 1. The van der Waals surface area contributed by atoms with Crippen LogP contribution in [0.1, 0.15) is 6.42 Å². The molecule has 0 aromatic carbocycles. The maximum Gasteiger partial charge on any atom is 0.430 e. The van der Waals surface area contributed by atoms with Gasteiger partial charge in [0.05, 0.1) is 12.7 Å². The molecule has 0 saturated carbocycles. The van der Waals surface area contributed by atoms with Crippen molar-refractivity contribution in [1.82, 2.24) is 0 Å². The molecule has 12 heavy (non-hydrogen) atoms. The molecule has 1 aliphatic rings. The maximum absolute atomic E-state index is 10.5. The molecule has 0 radical (unpaired) electrons. The second-order valence-corrected chi connectivity index (χ2v) is 2.03. The molecule has 6 heteroatoms. The Morgan fingerprint density at radius 2 is 2.00 bits per heavy atom. The average molecular weight is 183 g/mol. The van der Waals surface area contributed by atoms with Crippen molar-refractivity contribution in [2.24, 2.45) is 0 Å². The molecule has 1 heterocycles. The number of hydrogen-bond acceptors (Lipinski definition) is 2. The Morgan fingerprint density at radius 3 is 2.08 bits per heavy atom.